The van der Waals surface area contributed by atoms with E-state index in [4.69, 9.17) is 9.15 Å². The van der Waals surface area contributed by atoms with Crippen LogP contribution in [0.3, 0.4) is 0 Å². The molecule has 0 unspecified atom stereocenters. The Bertz CT molecular complexity index is 634. The molecule has 0 saturated carbocycles. The van der Waals surface area contributed by atoms with E-state index in [1.165, 1.54) is 6.26 Å². The molecule has 3 heterocycles. The summed E-state index contributed by atoms with van der Waals surface area (Å²) in [5, 5.41) is 0. The minimum Gasteiger partial charge on any atom is -0.457 e. The summed E-state index contributed by atoms with van der Waals surface area (Å²) in [5.74, 6) is 1.48. The fourth-order valence-corrected chi connectivity index (χ4v) is 2.71. The van der Waals surface area contributed by atoms with Gasteiger partial charge in [-0.15, -0.1) is 0 Å². The van der Waals surface area contributed by atoms with Gasteiger partial charge in [0.1, 0.15) is 17.7 Å². The molecular weight excluding hydrogens is 282 g/mol. The molecule has 6 nitrogen and oxygen atoms in total. The maximum absolute atomic E-state index is 12.0. The average Bonchev–Trinajstić information content (AvgIpc) is 3.01. The highest BCUT2D eigenvalue weighted by molar-refractivity contribution is 5.86. The molecule has 116 valence electrons. The van der Waals surface area contributed by atoms with Crippen LogP contribution in [0.4, 0.5) is 5.82 Å². The van der Waals surface area contributed by atoms with Gasteiger partial charge in [0, 0.05) is 18.3 Å². The molecule has 0 spiro atoms. The number of nitrogens with zero attached hydrogens (tertiary/aromatic N) is 3. The molecule has 1 aliphatic heterocycles. The van der Waals surface area contributed by atoms with Crippen LogP contribution in [0.1, 0.15) is 34.9 Å². The highest BCUT2D eigenvalue weighted by Crippen LogP contribution is 2.21. The molecule has 2 aromatic heterocycles. The first-order valence-electron chi connectivity index (χ1n) is 7.43. The molecule has 0 bridgehead atoms. The Morgan fingerprint density at radius 3 is 3.00 bits per heavy atom. The third kappa shape index (κ3) is 3.27. The Balaban J connectivity index is 1.67. The van der Waals surface area contributed by atoms with Crippen molar-refractivity contribution in [2.24, 2.45) is 0 Å². The van der Waals surface area contributed by atoms with Crippen molar-refractivity contribution in [3.8, 4) is 0 Å². The van der Waals surface area contributed by atoms with Crippen LogP contribution in [-0.2, 0) is 4.74 Å². The number of aromatic nitrogens is 2. The highest BCUT2D eigenvalue weighted by atomic mass is 16.6. The zero-order chi connectivity index (χ0) is 15.5. The van der Waals surface area contributed by atoms with Gasteiger partial charge in [0.15, 0.2) is 0 Å². The minimum atomic E-state index is -0.410. The van der Waals surface area contributed by atoms with Crippen LogP contribution in [0.5, 0.6) is 0 Å². The number of hydrogen-bond donors (Lipinski definition) is 0. The summed E-state index contributed by atoms with van der Waals surface area (Å²) >= 11 is 0. The van der Waals surface area contributed by atoms with Crippen LogP contribution < -0.4 is 4.90 Å². The molecular formula is C16H19N3O3. The predicted molar refractivity (Wildman–Crippen MR) is 80.9 cm³/mol. The summed E-state index contributed by atoms with van der Waals surface area (Å²) in [6, 6.07) is 5.25. The molecule has 0 N–H and O–H groups in total. The van der Waals surface area contributed by atoms with Gasteiger partial charge in [-0.1, -0.05) is 0 Å². The Kier molecular flexibility index (Phi) is 4.09. The van der Waals surface area contributed by atoms with E-state index in [-0.39, 0.29) is 11.9 Å². The van der Waals surface area contributed by atoms with Gasteiger partial charge < -0.3 is 14.1 Å². The number of carbonyl (C=O) groups is 1. The molecule has 1 fully saturated rings. The van der Waals surface area contributed by atoms with Crippen LogP contribution in [0.2, 0.25) is 0 Å². The normalized spacial score (nSPS) is 18.3. The van der Waals surface area contributed by atoms with Crippen molar-refractivity contribution in [3.05, 3.63) is 41.7 Å². The molecule has 0 aliphatic carbocycles. The fraction of sp³-hybridized carbons (Fsp3) is 0.438. The number of furan rings is 1. The zero-order valence-electron chi connectivity index (χ0n) is 12.8. The number of esters is 1. The summed E-state index contributed by atoms with van der Waals surface area (Å²) in [6.07, 6.45) is 3.13. The fourth-order valence-electron chi connectivity index (χ4n) is 2.71. The molecule has 1 atom stereocenters. The van der Waals surface area contributed by atoms with Crippen molar-refractivity contribution in [2.75, 3.05) is 18.0 Å². The highest BCUT2D eigenvalue weighted by Gasteiger charge is 2.25. The zero-order valence-corrected chi connectivity index (χ0v) is 12.8. The number of rotatable bonds is 3. The average molecular weight is 301 g/mol. The Morgan fingerprint density at radius 1 is 1.41 bits per heavy atom. The number of aryl methyl sites for hydroxylation is 2. The minimum absolute atomic E-state index is 0.151. The molecule has 6 heteroatoms. The lowest BCUT2D eigenvalue weighted by molar-refractivity contribution is 0.0234. The van der Waals surface area contributed by atoms with Crippen LogP contribution in [0.15, 0.2) is 28.9 Å². The molecule has 1 saturated heterocycles. The van der Waals surface area contributed by atoms with Crippen molar-refractivity contribution in [3.63, 3.8) is 0 Å². The van der Waals surface area contributed by atoms with Gasteiger partial charge in [-0.05, 0) is 38.8 Å². The smallest absolute Gasteiger partial charge is 0.374 e. The topological polar surface area (TPSA) is 68.5 Å². The van der Waals surface area contributed by atoms with E-state index in [1.54, 1.807) is 12.1 Å². The second-order valence-corrected chi connectivity index (χ2v) is 5.51. The Hall–Kier alpha value is -2.37. The molecule has 0 aromatic carbocycles. The van der Waals surface area contributed by atoms with Crippen molar-refractivity contribution >= 4 is 11.8 Å². The second kappa shape index (κ2) is 6.17. The number of anilines is 1. The molecule has 2 aromatic rings. The summed E-state index contributed by atoms with van der Waals surface area (Å²) in [5.41, 5.74) is 0.942. The van der Waals surface area contributed by atoms with Crippen LogP contribution in [0, 0.1) is 13.8 Å². The number of piperidine rings is 1. The van der Waals surface area contributed by atoms with Gasteiger partial charge in [0.2, 0.25) is 5.76 Å². The lowest BCUT2D eigenvalue weighted by Crippen LogP contribution is -2.41. The third-order valence-corrected chi connectivity index (χ3v) is 3.65. The molecule has 0 amide bonds. The van der Waals surface area contributed by atoms with E-state index in [0.717, 1.165) is 36.7 Å². The van der Waals surface area contributed by atoms with E-state index >= 15 is 0 Å². The van der Waals surface area contributed by atoms with Crippen LogP contribution in [0.25, 0.3) is 0 Å². The molecule has 22 heavy (non-hydrogen) atoms. The maximum Gasteiger partial charge on any atom is 0.374 e. The Labute approximate surface area is 129 Å². The molecule has 0 radical (unpaired) electrons. The molecule has 1 aliphatic rings. The number of carbonyl (C=O) groups excluding carboxylic acids is 1. The quantitative estimate of drug-likeness (QED) is 0.811. The maximum atomic E-state index is 12.0. The molecule has 3 rings (SSSR count). The van der Waals surface area contributed by atoms with Crippen molar-refractivity contribution in [1.82, 2.24) is 9.97 Å². The van der Waals surface area contributed by atoms with Crippen LogP contribution >= 0.6 is 0 Å². The SMILES string of the molecule is Cc1cc(N2CCC[C@@H](OC(=O)c3ccco3)C2)nc(C)n1. The first kappa shape index (κ1) is 14.6. The number of hydrogen-bond acceptors (Lipinski definition) is 6. The van der Waals surface area contributed by atoms with Gasteiger partial charge in [0.05, 0.1) is 12.8 Å². The first-order valence-corrected chi connectivity index (χ1v) is 7.43. The van der Waals surface area contributed by atoms with E-state index in [1.807, 2.05) is 19.9 Å². The van der Waals surface area contributed by atoms with E-state index in [9.17, 15) is 4.79 Å². The van der Waals surface area contributed by atoms with E-state index < -0.39 is 5.97 Å². The van der Waals surface area contributed by atoms with Gasteiger partial charge in [-0.2, -0.15) is 0 Å². The van der Waals surface area contributed by atoms with Gasteiger partial charge in [-0.3, -0.25) is 0 Å². The largest absolute Gasteiger partial charge is 0.457 e. The summed E-state index contributed by atoms with van der Waals surface area (Å²) < 4.78 is 10.6. The summed E-state index contributed by atoms with van der Waals surface area (Å²) in [4.78, 5) is 22.9. The predicted octanol–water partition coefficient (Wildman–Crippen LogP) is 2.51. The van der Waals surface area contributed by atoms with Gasteiger partial charge >= 0.3 is 5.97 Å². The van der Waals surface area contributed by atoms with Crippen LogP contribution in [-0.4, -0.2) is 35.1 Å². The van der Waals surface area contributed by atoms with Crippen molar-refractivity contribution in [1.29, 1.82) is 0 Å². The van der Waals surface area contributed by atoms with Gasteiger partial charge in [0.25, 0.3) is 0 Å². The summed E-state index contributed by atoms with van der Waals surface area (Å²) in [6.45, 7) is 5.39. The monoisotopic (exact) mass is 301 g/mol. The number of ether oxygens (including phenoxy) is 1. The lowest BCUT2D eigenvalue weighted by atomic mass is 10.1. The first-order chi connectivity index (χ1) is 10.6. The van der Waals surface area contributed by atoms with E-state index in [2.05, 4.69) is 14.9 Å². The van der Waals surface area contributed by atoms with E-state index in [0.29, 0.717) is 6.54 Å². The standard InChI is InChI=1S/C16H19N3O3/c1-11-9-15(18-12(2)17-11)19-7-3-5-13(10-19)22-16(20)14-6-4-8-21-14/h4,6,8-9,13H,3,5,7,10H2,1-2H3/t13-/m1/s1. The third-order valence-electron chi connectivity index (χ3n) is 3.65. The van der Waals surface area contributed by atoms with Gasteiger partial charge in [-0.25, -0.2) is 14.8 Å². The van der Waals surface area contributed by atoms with Crippen molar-refractivity contribution in [2.45, 2.75) is 32.8 Å². The summed E-state index contributed by atoms with van der Waals surface area (Å²) in [7, 11) is 0. The van der Waals surface area contributed by atoms with Crippen molar-refractivity contribution < 1.29 is 13.9 Å². The Morgan fingerprint density at radius 2 is 2.27 bits per heavy atom. The second-order valence-electron chi connectivity index (χ2n) is 5.51. The lowest BCUT2D eigenvalue weighted by Gasteiger charge is -2.33.